The van der Waals surface area contributed by atoms with Crippen LogP contribution in [0.5, 0.6) is 0 Å². The van der Waals surface area contributed by atoms with Crippen LogP contribution in [-0.2, 0) is 11.3 Å². The van der Waals surface area contributed by atoms with Crippen LogP contribution in [0.15, 0.2) is 35.9 Å². The molecule has 1 aliphatic carbocycles. The van der Waals surface area contributed by atoms with Gasteiger partial charge >= 0.3 is 0 Å². The first-order chi connectivity index (χ1) is 12.2. The Hall–Kier alpha value is -1.68. The van der Waals surface area contributed by atoms with E-state index >= 15 is 0 Å². The van der Waals surface area contributed by atoms with E-state index in [2.05, 4.69) is 16.3 Å². The largest absolute Gasteiger partial charge is 0.356 e. The van der Waals surface area contributed by atoms with Crippen LogP contribution < -0.4 is 5.32 Å². The molecule has 3 rings (SSSR count). The van der Waals surface area contributed by atoms with Crippen LogP contribution in [-0.4, -0.2) is 30.4 Å². The molecule has 0 saturated carbocycles. The summed E-state index contributed by atoms with van der Waals surface area (Å²) in [4.78, 5) is 14.7. The van der Waals surface area contributed by atoms with Gasteiger partial charge in [0.1, 0.15) is 5.82 Å². The zero-order valence-corrected chi connectivity index (χ0v) is 15.0. The van der Waals surface area contributed by atoms with Crippen molar-refractivity contribution in [1.29, 1.82) is 0 Å². The normalized spacial score (nSPS) is 21.6. The number of nitrogens with one attached hydrogen (secondary N) is 1. The van der Waals surface area contributed by atoms with Crippen LogP contribution in [0, 0.1) is 11.7 Å². The molecule has 0 radical (unpaired) electrons. The average molecular weight is 344 g/mol. The third kappa shape index (κ3) is 5.67. The number of rotatable bonds is 6. The van der Waals surface area contributed by atoms with Gasteiger partial charge in [0, 0.05) is 19.6 Å². The molecule has 1 heterocycles. The number of hydrogen-bond donors (Lipinski definition) is 1. The quantitative estimate of drug-likeness (QED) is 0.790. The Morgan fingerprint density at radius 2 is 2.20 bits per heavy atom. The molecule has 25 heavy (non-hydrogen) atoms. The van der Waals surface area contributed by atoms with Crippen molar-refractivity contribution in [3.8, 4) is 0 Å². The lowest BCUT2D eigenvalue weighted by atomic mass is 9.95. The molecule has 3 nitrogen and oxygen atoms in total. The van der Waals surface area contributed by atoms with E-state index in [1.54, 1.807) is 12.1 Å². The van der Waals surface area contributed by atoms with Crippen molar-refractivity contribution in [3.05, 3.63) is 47.3 Å². The van der Waals surface area contributed by atoms with Gasteiger partial charge in [-0.15, -0.1) is 0 Å². The molecule has 0 unspecified atom stereocenters. The number of piperidine rings is 1. The zero-order chi connectivity index (χ0) is 17.5. The molecule has 4 heteroatoms. The van der Waals surface area contributed by atoms with E-state index < -0.39 is 0 Å². The number of allylic oxidation sites excluding steroid dienone is 1. The highest BCUT2D eigenvalue weighted by Crippen LogP contribution is 2.21. The van der Waals surface area contributed by atoms with Crippen LogP contribution in [0.4, 0.5) is 4.39 Å². The first-order valence-corrected chi connectivity index (χ1v) is 9.63. The monoisotopic (exact) mass is 344 g/mol. The number of carbonyl (C=O) groups is 1. The third-order valence-corrected chi connectivity index (χ3v) is 5.30. The topological polar surface area (TPSA) is 32.3 Å². The molecule has 1 fully saturated rings. The number of likely N-dealkylation sites (tertiary alicyclic amines) is 1. The van der Waals surface area contributed by atoms with Gasteiger partial charge in [0.15, 0.2) is 0 Å². The van der Waals surface area contributed by atoms with E-state index in [9.17, 15) is 9.18 Å². The molecule has 1 N–H and O–H groups in total. The molecular formula is C21H29FN2O. The minimum Gasteiger partial charge on any atom is -0.356 e. The fourth-order valence-electron chi connectivity index (χ4n) is 3.93. The summed E-state index contributed by atoms with van der Waals surface area (Å²) in [6.07, 6.45) is 10.3. The smallest absolute Gasteiger partial charge is 0.224 e. The summed E-state index contributed by atoms with van der Waals surface area (Å²) in [5.74, 6) is 0.0452. The fourth-order valence-corrected chi connectivity index (χ4v) is 3.93. The fraction of sp³-hybridized carbons (Fsp3) is 0.571. The summed E-state index contributed by atoms with van der Waals surface area (Å²) >= 11 is 0. The average Bonchev–Trinajstić information content (AvgIpc) is 2.63. The maximum atomic E-state index is 13.3. The van der Waals surface area contributed by atoms with Crippen LogP contribution in [0.3, 0.4) is 0 Å². The Labute approximate surface area is 150 Å². The standard InChI is InChI=1S/C21H29FN2O/c22-20-10-4-8-18(14-20)15-24-13-5-9-19(16-24)21(25)23-12-11-17-6-2-1-3-7-17/h4,6,8,10,14,19H,1-3,5,7,9,11-13,15-16H2,(H,23,25)/t19-/m1/s1. The molecule has 2 aliphatic rings. The molecular weight excluding hydrogens is 315 g/mol. The predicted molar refractivity (Wildman–Crippen MR) is 98.6 cm³/mol. The van der Waals surface area contributed by atoms with E-state index in [1.807, 2.05) is 6.07 Å². The lowest BCUT2D eigenvalue weighted by Crippen LogP contribution is -2.43. The highest BCUT2D eigenvalue weighted by molar-refractivity contribution is 5.78. The summed E-state index contributed by atoms with van der Waals surface area (Å²) in [7, 11) is 0. The molecule has 0 aromatic heterocycles. The second-order valence-corrected chi connectivity index (χ2v) is 7.35. The number of nitrogens with zero attached hydrogens (tertiary/aromatic N) is 1. The summed E-state index contributed by atoms with van der Waals surface area (Å²) in [5.41, 5.74) is 2.48. The van der Waals surface area contributed by atoms with Gasteiger partial charge in [0.05, 0.1) is 5.92 Å². The Morgan fingerprint density at radius 3 is 3.00 bits per heavy atom. The van der Waals surface area contributed by atoms with Gasteiger partial charge in [0.25, 0.3) is 0 Å². The van der Waals surface area contributed by atoms with Crippen LogP contribution in [0.2, 0.25) is 0 Å². The van der Waals surface area contributed by atoms with Gasteiger partial charge in [-0.3, -0.25) is 9.69 Å². The second-order valence-electron chi connectivity index (χ2n) is 7.35. The first kappa shape index (κ1) is 18.1. The molecule has 1 aromatic rings. The van der Waals surface area contributed by atoms with E-state index in [0.717, 1.165) is 44.5 Å². The van der Waals surface area contributed by atoms with Gasteiger partial charge in [0.2, 0.25) is 5.91 Å². The van der Waals surface area contributed by atoms with Crippen molar-refractivity contribution >= 4 is 5.91 Å². The molecule has 1 aromatic carbocycles. The third-order valence-electron chi connectivity index (χ3n) is 5.30. The maximum absolute atomic E-state index is 13.3. The number of benzene rings is 1. The molecule has 136 valence electrons. The van der Waals surface area contributed by atoms with Crippen molar-refractivity contribution in [2.75, 3.05) is 19.6 Å². The lowest BCUT2D eigenvalue weighted by Gasteiger charge is -2.32. The molecule has 0 bridgehead atoms. The molecule has 0 spiro atoms. The number of amides is 1. The predicted octanol–water partition coefficient (Wildman–Crippen LogP) is 4.04. The van der Waals surface area contributed by atoms with E-state index in [4.69, 9.17) is 0 Å². The minimum atomic E-state index is -0.194. The Morgan fingerprint density at radius 1 is 1.28 bits per heavy atom. The first-order valence-electron chi connectivity index (χ1n) is 9.63. The van der Waals surface area contributed by atoms with Gasteiger partial charge in [-0.2, -0.15) is 0 Å². The van der Waals surface area contributed by atoms with Gasteiger partial charge < -0.3 is 5.32 Å². The Bertz CT molecular complexity index is 614. The van der Waals surface area contributed by atoms with Gasteiger partial charge in [-0.25, -0.2) is 4.39 Å². The van der Waals surface area contributed by atoms with Crippen molar-refractivity contribution in [1.82, 2.24) is 10.2 Å². The Balaban J connectivity index is 1.43. The van der Waals surface area contributed by atoms with E-state index in [0.29, 0.717) is 6.54 Å². The summed E-state index contributed by atoms with van der Waals surface area (Å²) in [5, 5.41) is 3.13. The van der Waals surface area contributed by atoms with Crippen molar-refractivity contribution < 1.29 is 9.18 Å². The highest BCUT2D eigenvalue weighted by atomic mass is 19.1. The molecule has 1 amide bonds. The van der Waals surface area contributed by atoms with Crippen molar-refractivity contribution in [2.45, 2.75) is 51.5 Å². The summed E-state index contributed by atoms with van der Waals surface area (Å²) in [6, 6.07) is 6.75. The number of carbonyl (C=O) groups excluding carboxylic acids is 1. The van der Waals surface area contributed by atoms with E-state index in [-0.39, 0.29) is 17.6 Å². The van der Waals surface area contributed by atoms with Gasteiger partial charge in [-0.1, -0.05) is 23.8 Å². The van der Waals surface area contributed by atoms with Crippen molar-refractivity contribution in [3.63, 3.8) is 0 Å². The second kappa shape index (κ2) is 9.14. The van der Waals surface area contributed by atoms with Crippen molar-refractivity contribution in [2.24, 2.45) is 5.92 Å². The lowest BCUT2D eigenvalue weighted by molar-refractivity contribution is -0.126. The van der Waals surface area contributed by atoms with Crippen LogP contribution in [0.1, 0.15) is 50.5 Å². The SMILES string of the molecule is O=C(NCCC1=CCCCC1)[C@@H]1CCCN(Cc2cccc(F)c2)C1. The number of halogens is 1. The summed E-state index contributed by atoms with van der Waals surface area (Å²) < 4.78 is 13.3. The zero-order valence-electron chi connectivity index (χ0n) is 15.0. The maximum Gasteiger partial charge on any atom is 0.224 e. The van der Waals surface area contributed by atoms with Crippen LogP contribution in [0.25, 0.3) is 0 Å². The Kier molecular flexibility index (Phi) is 6.62. The minimum absolute atomic E-state index is 0.0580. The van der Waals surface area contributed by atoms with Gasteiger partial charge in [-0.05, 0) is 69.2 Å². The van der Waals surface area contributed by atoms with E-state index in [1.165, 1.54) is 37.3 Å². The summed E-state index contributed by atoms with van der Waals surface area (Å²) in [6.45, 7) is 3.22. The highest BCUT2D eigenvalue weighted by Gasteiger charge is 2.25. The molecule has 1 atom stereocenters. The molecule has 1 aliphatic heterocycles. The molecule has 1 saturated heterocycles. The number of hydrogen-bond acceptors (Lipinski definition) is 2. The van der Waals surface area contributed by atoms with Crippen LogP contribution >= 0.6 is 0 Å².